The number of hydrogen-bond acceptors (Lipinski definition) is 3. The van der Waals surface area contributed by atoms with E-state index in [1.165, 1.54) is 6.42 Å². The number of rotatable bonds is 5. The smallest absolute Gasteiger partial charge is 0.237 e. The van der Waals surface area contributed by atoms with Crippen LogP contribution in [0.15, 0.2) is 0 Å². The number of amides is 1. The molecule has 4 heteroatoms. The first-order valence-electron chi connectivity index (χ1n) is 6.64. The van der Waals surface area contributed by atoms with E-state index >= 15 is 0 Å². The lowest BCUT2D eigenvalue weighted by Crippen LogP contribution is -2.50. The topological polar surface area (TPSA) is 61.4 Å². The third kappa shape index (κ3) is 4.67. The van der Waals surface area contributed by atoms with Crippen molar-refractivity contribution in [2.75, 3.05) is 13.1 Å². The Kier molecular flexibility index (Phi) is 5.64. The van der Waals surface area contributed by atoms with Crippen molar-refractivity contribution in [2.24, 2.45) is 5.92 Å². The van der Waals surface area contributed by atoms with Crippen molar-refractivity contribution in [1.29, 1.82) is 0 Å². The molecule has 0 heterocycles. The normalized spacial score (nSPS) is 29.3. The lowest BCUT2D eigenvalue weighted by atomic mass is 9.79. The first-order valence-corrected chi connectivity index (χ1v) is 6.64. The number of hydrogen-bond donors (Lipinski definition) is 3. The van der Waals surface area contributed by atoms with Crippen LogP contribution < -0.4 is 10.6 Å². The summed E-state index contributed by atoms with van der Waals surface area (Å²) < 4.78 is 0. The Morgan fingerprint density at radius 3 is 3.00 bits per heavy atom. The van der Waals surface area contributed by atoms with Gasteiger partial charge in [-0.3, -0.25) is 4.79 Å². The average Bonchev–Trinajstić information content (AvgIpc) is 2.32. The third-order valence-corrected chi connectivity index (χ3v) is 3.56. The molecule has 4 nitrogen and oxygen atoms in total. The lowest BCUT2D eigenvalue weighted by molar-refractivity contribution is -0.122. The van der Waals surface area contributed by atoms with E-state index < -0.39 is 5.60 Å². The summed E-state index contributed by atoms with van der Waals surface area (Å²) in [7, 11) is 0. The second-order valence-electron chi connectivity index (χ2n) is 5.45. The Bertz CT molecular complexity index is 324. The van der Waals surface area contributed by atoms with E-state index in [9.17, 15) is 9.90 Å². The van der Waals surface area contributed by atoms with Gasteiger partial charge >= 0.3 is 0 Å². The maximum Gasteiger partial charge on any atom is 0.237 e. The second-order valence-corrected chi connectivity index (χ2v) is 5.45. The van der Waals surface area contributed by atoms with Gasteiger partial charge in [-0.25, -0.2) is 0 Å². The van der Waals surface area contributed by atoms with Gasteiger partial charge in [0.2, 0.25) is 5.91 Å². The molecular weight excluding hydrogens is 228 g/mol. The Hall–Kier alpha value is -1.05. The summed E-state index contributed by atoms with van der Waals surface area (Å²) in [5.41, 5.74) is -0.668. The standard InChI is InChI=1S/C14H24N2O2/c1-4-8-15-13(17)12(3)16-10-14(18)7-5-6-11(2)9-14/h1,11-12,16,18H,5-10H2,2-3H3,(H,15,17). The molecule has 18 heavy (non-hydrogen) atoms. The fraction of sp³-hybridized carbons (Fsp3) is 0.786. The van der Waals surface area contributed by atoms with Crippen LogP contribution in [-0.4, -0.2) is 35.7 Å². The van der Waals surface area contributed by atoms with Gasteiger partial charge < -0.3 is 15.7 Å². The molecule has 1 aliphatic carbocycles. The highest BCUT2D eigenvalue weighted by Gasteiger charge is 2.32. The van der Waals surface area contributed by atoms with E-state index in [-0.39, 0.29) is 18.5 Å². The highest BCUT2D eigenvalue weighted by Crippen LogP contribution is 2.31. The summed E-state index contributed by atoms with van der Waals surface area (Å²) >= 11 is 0. The van der Waals surface area contributed by atoms with Gasteiger partial charge in [-0.05, 0) is 25.7 Å². The summed E-state index contributed by atoms with van der Waals surface area (Å²) in [5.74, 6) is 2.79. The van der Waals surface area contributed by atoms with Crippen LogP contribution in [0.5, 0.6) is 0 Å². The third-order valence-electron chi connectivity index (χ3n) is 3.56. The van der Waals surface area contributed by atoms with Crippen molar-refractivity contribution < 1.29 is 9.90 Å². The van der Waals surface area contributed by atoms with Gasteiger partial charge in [0.15, 0.2) is 0 Å². The SMILES string of the molecule is C#CCNC(=O)C(C)NCC1(O)CCCC(C)C1. The van der Waals surface area contributed by atoms with Crippen molar-refractivity contribution in [3.05, 3.63) is 0 Å². The van der Waals surface area contributed by atoms with Crippen LogP contribution >= 0.6 is 0 Å². The van der Waals surface area contributed by atoms with E-state index in [4.69, 9.17) is 6.42 Å². The Morgan fingerprint density at radius 2 is 2.39 bits per heavy atom. The van der Waals surface area contributed by atoms with Gasteiger partial charge in [-0.1, -0.05) is 25.7 Å². The molecule has 1 saturated carbocycles. The molecule has 3 unspecified atom stereocenters. The molecule has 0 radical (unpaired) electrons. The highest BCUT2D eigenvalue weighted by molar-refractivity contribution is 5.81. The summed E-state index contributed by atoms with van der Waals surface area (Å²) in [5, 5.41) is 16.1. The Labute approximate surface area is 110 Å². The number of aliphatic hydroxyl groups is 1. The second kappa shape index (κ2) is 6.77. The fourth-order valence-electron chi connectivity index (χ4n) is 2.52. The van der Waals surface area contributed by atoms with E-state index in [0.29, 0.717) is 12.5 Å². The van der Waals surface area contributed by atoms with Crippen LogP contribution in [0, 0.1) is 18.3 Å². The number of carbonyl (C=O) groups excluding carboxylic acids is 1. The van der Waals surface area contributed by atoms with Crippen molar-refractivity contribution in [2.45, 2.75) is 51.2 Å². The number of terminal acetylenes is 1. The van der Waals surface area contributed by atoms with E-state index in [2.05, 4.69) is 23.5 Å². The zero-order valence-electron chi connectivity index (χ0n) is 11.3. The summed E-state index contributed by atoms with van der Waals surface area (Å²) in [6, 6.07) is -0.334. The highest BCUT2D eigenvalue weighted by atomic mass is 16.3. The minimum atomic E-state index is -0.668. The molecule has 102 valence electrons. The minimum Gasteiger partial charge on any atom is -0.389 e. The molecule has 1 aliphatic rings. The first-order chi connectivity index (χ1) is 8.47. The number of carbonyl (C=O) groups is 1. The summed E-state index contributed by atoms with van der Waals surface area (Å²) in [6.07, 6.45) is 8.93. The summed E-state index contributed by atoms with van der Waals surface area (Å²) in [4.78, 5) is 11.6. The van der Waals surface area contributed by atoms with Gasteiger partial charge in [-0.15, -0.1) is 6.42 Å². The van der Waals surface area contributed by atoms with Crippen molar-refractivity contribution in [1.82, 2.24) is 10.6 Å². The van der Waals surface area contributed by atoms with Crippen LogP contribution in [0.25, 0.3) is 0 Å². The monoisotopic (exact) mass is 252 g/mol. The fourth-order valence-corrected chi connectivity index (χ4v) is 2.52. The molecule has 1 rings (SSSR count). The van der Waals surface area contributed by atoms with E-state index in [0.717, 1.165) is 19.3 Å². The van der Waals surface area contributed by atoms with Gasteiger partial charge in [-0.2, -0.15) is 0 Å². The maximum absolute atomic E-state index is 11.6. The van der Waals surface area contributed by atoms with Crippen molar-refractivity contribution in [3.8, 4) is 12.3 Å². The van der Waals surface area contributed by atoms with Crippen LogP contribution in [0.2, 0.25) is 0 Å². The quantitative estimate of drug-likeness (QED) is 0.630. The van der Waals surface area contributed by atoms with Crippen LogP contribution in [0.1, 0.15) is 39.5 Å². The van der Waals surface area contributed by atoms with Crippen LogP contribution in [0.4, 0.5) is 0 Å². The molecule has 0 aromatic carbocycles. The molecule has 1 amide bonds. The molecule has 3 N–H and O–H groups in total. The largest absolute Gasteiger partial charge is 0.389 e. The zero-order chi connectivity index (χ0) is 13.6. The van der Waals surface area contributed by atoms with Gasteiger partial charge in [0, 0.05) is 6.54 Å². The molecule has 3 atom stereocenters. The van der Waals surface area contributed by atoms with Crippen LogP contribution in [-0.2, 0) is 4.79 Å². The summed E-state index contributed by atoms with van der Waals surface area (Å²) in [6.45, 7) is 4.64. The van der Waals surface area contributed by atoms with Gasteiger partial charge in [0.25, 0.3) is 0 Å². The predicted molar refractivity (Wildman–Crippen MR) is 71.9 cm³/mol. The van der Waals surface area contributed by atoms with Gasteiger partial charge in [0.05, 0.1) is 18.2 Å². The van der Waals surface area contributed by atoms with Crippen molar-refractivity contribution in [3.63, 3.8) is 0 Å². The van der Waals surface area contributed by atoms with E-state index in [1.807, 2.05) is 0 Å². The predicted octanol–water partition coefficient (Wildman–Crippen LogP) is 0.655. The lowest BCUT2D eigenvalue weighted by Gasteiger charge is -2.36. The Balaban J connectivity index is 2.35. The zero-order valence-corrected chi connectivity index (χ0v) is 11.3. The van der Waals surface area contributed by atoms with E-state index in [1.54, 1.807) is 6.92 Å². The molecule has 0 aromatic rings. The molecule has 0 bridgehead atoms. The van der Waals surface area contributed by atoms with Gasteiger partial charge in [0.1, 0.15) is 0 Å². The molecule has 0 saturated heterocycles. The average molecular weight is 252 g/mol. The molecule has 0 aliphatic heterocycles. The molecular formula is C14H24N2O2. The van der Waals surface area contributed by atoms with Crippen LogP contribution in [0.3, 0.4) is 0 Å². The molecule has 1 fully saturated rings. The van der Waals surface area contributed by atoms with Crippen molar-refractivity contribution >= 4 is 5.91 Å². The molecule has 0 aromatic heterocycles. The molecule has 0 spiro atoms. The Morgan fingerprint density at radius 1 is 1.67 bits per heavy atom. The first kappa shape index (κ1) is 15.0. The maximum atomic E-state index is 11.6. The minimum absolute atomic E-state index is 0.125. The number of nitrogens with one attached hydrogen (secondary N) is 2.